The van der Waals surface area contributed by atoms with Crippen molar-refractivity contribution >= 4 is 0 Å². The van der Waals surface area contributed by atoms with Gasteiger partial charge in [-0.25, -0.2) is 0 Å². The molecule has 0 N–H and O–H groups in total. The fourth-order valence-corrected chi connectivity index (χ4v) is 2.37. The molecule has 0 radical (unpaired) electrons. The maximum absolute atomic E-state index is 9.23. The molecule has 0 heterocycles. The predicted octanol–water partition coefficient (Wildman–Crippen LogP) is 3.53. The molecular formula is C12H19N. The minimum absolute atomic E-state index is 0.0948. The van der Waals surface area contributed by atoms with Gasteiger partial charge in [0.15, 0.2) is 0 Å². The Kier molecular flexibility index (Phi) is 3.14. The molecule has 1 saturated carbocycles. The largest absolute Gasteiger partial charge is 0.198 e. The van der Waals surface area contributed by atoms with Gasteiger partial charge in [0, 0.05) is 0 Å². The van der Waals surface area contributed by atoms with Crippen LogP contribution in [0.15, 0.2) is 12.7 Å². The molecular weight excluding hydrogens is 158 g/mol. The zero-order valence-electron chi connectivity index (χ0n) is 8.71. The van der Waals surface area contributed by atoms with Gasteiger partial charge >= 0.3 is 0 Å². The highest BCUT2D eigenvalue weighted by Gasteiger charge is 2.41. The predicted molar refractivity (Wildman–Crippen MR) is 55.0 cm³/mol. The van der Waals surface area contributed by atoms with E-state index in [1.54, 1.807) is 0 Å². The van der Waals surface area contributed by atoms with Crippen LogP contribution in [0.25, 0.3) is 0 Å². The van der Waals surface area contributed by atoms with Crippen molar-refractivity contribution in [3.63, 3.8) is 0 Å². The Morgan fingerprint density at radius 1 is 1.77 bits per heavy atom. The van der Waals surface area contributed by atoms with Gasteiger partial charge in [0.2, 0.25) is 0 Å². The summed E-state index contributed by atoms with van der Waals surface area (Å²) in [4.78, 5) is 0. The summed E-state index contributed by atoms with van der Waals surface area (Å²) in [6.45, 7) is 8.14. The summed E-state index contributed by atoms with van der Waals surface area (Å²) in [6.07, 6.45) is 6.51. The highest BCUT2D eigenvalue weighted by molar-refractivity contribution is 5.10. The van der Waals surface area contributed by atoms with Crippen molar-refractivity contribution in [3.05, 3.63) is 12.7 Å². The molecule has 0 spiro atoms. The molecule has 0 saturated heterocycles. The number of allylic oxidation sites excluding steroid dienone is 1. The standard InChI is InChI=1S/C12H19N/c1-4-10(3)12(9-13)7-6-11(5-2)8-12/h4,10-11H,1,5-8H2,2-3H3. The summed E-state index contributed by atoms with van der Waals surface area (Å²) in [5.41, 5.74) is -0.0948. The zero-order valence-corrected chi connectivity index (χ0v) is 8.71. The maximum Gasteiger partial charge on any atom is 0.0695 e. The Labute approximate surface area is 81.5 Å². The second-order valence-corrected chi connectivity index (χ2v) is 4.31. The van der Waals surface area contributed by atoms with Gasteiger partial charge in [-0.05, 0) is 31.1 Å². The summed E-state index contributed by atoms with van der Waals surface area (Å²) in [6, 6.07) is 2.52. The Hall–Kier alpha value is -0.770. The second-order valence-electron chi connectivity index (χ2n) is 4.31. The third kappa shape index (κ3) is 1.77. The molecule has 0 aliphatic heterocycles. The lowest BCUT2D eigenvalue weighted by atomic mass is 9.75. The molecule has 0 aromatic carbocycles. The van der Waals surface area contributed by atoms with Gasteiger partial charge in [0.05, 0.1) is 11.5 Å². The van der Waals surface area contributed by atoms with Crippen molar-refractivity contribution in [2.45, 2.75) is 39.5 Å². The molecule has 3 unspecified atom stereocenters. The van der Waals surface area contributed by atoms with Crippen LogP contribution in [-0.4, -0.2) is 0 Å². The Balaban J connectivity index is 2.74. The highest BCUT2D eigenvalue weighted by atomic mass is 14.5. The average molecular weight is 177 g/mol. The third-order valence-electron chi connectivity index (χ3n) is 3.68. The number of rotatable bonds is 3. The van der Waals surface area contributed by atoms with Gasteiger partial charge < -0.3 is 0 Å². The fraction of sp³-hybridized carbons (Fsp3) is 0.750. The molecule has 3 atom stereocenters. The summed E-state index contributed by atoms with van der Waals surface area (Å²) >= 11 is 0. The lowest BCUT2D eigenvalue weighted by molar-refractivity contribution is 0.301. The van der Waals surface area contributed by atoms with E-state index in [0.29, 0.717) is 5.92 Å². The van der Waals surface area contributed by atoms with E-state index in [1.807, 2.05) is 6.08 Å². The first-order chi connectivity index (χ1) is 6.18. The molecule has 0 amide bonds. The number of nitriles is 1. The van der Waals surface area contributed by atoms with Crippen molar-refractivity contribution in [2.24, 2.45) is 17.3 Å². The Morgan fingerprint density at radius 2 is 2.46 bits per heavy atom. The first-order valence-corrected chi connectivity index (χ1v) is 5.22. The Bertz CT molecular complexity index is 226. The van der Waals surface area contributed by atoms with Crippen LogP contribution in [0.5, 0.6) is 0 Å². The van der Waals surface area contributed by atoms with Crippen LogP contribution in [0.1, 0.15) is 39.5 Å². The van der Waals surface area contributed by atoms with Crippen LogP contribution in [0.4, 0.5) is 0 Å². The van der Waals surface area contributed by atoms with Gasteiger partial charge in [0.1, 0.15) is 0 Å². The molecule has 1 heteroatoms. The number of hydrogen-bond donors (Lipinski definition) is 0. The van der Waals surface area contributed by atoms with Gasteiger partial charge in [-0.3, -0.25) is 0 Å². The highest BCUT2D eigenvalue weighted by Crippen LogP contribution is 2.47. The van der Waals surface area contributed by atoms with E-state index >= 15 is 0 Å². The lowest BCUT2D eigenvalue weighted by Gasteiger charge is -2.25. The molecule has 0 aromatic heterocycles. The molecule has 1 fully saturated rings. The van der Waals surface area contributed by atoms with E-state index in [1.165, 1.54) is 12.8 Å². The smallest absolute Gasteiger partial charge is 0.0695 e. The van der Waals surface area contributed by atoms with Crippen molar-refractivity contribution in [1.29, 1.82) is 5.26 Å². The second kappa shape index (κ2) is 3.96. The molecule has 0 aromatic rings. The van der Waals surface area contributed by atoms with Crippen LogP contribution < -0.4 is 0 Å². The van der Waals surface area contributed by atoms with E-state index in [-0.39, 0.29) is 5.41 Å². The first-order valence-electron chi connectivity index (χ1n) is 5.22. The quantitative estimate of drug-likeness (QED) is 0.605. The SMILES string of the molecule is C=CC(C)C1(C#N)CCC(CC)C1. The van der Waals surface area contributed by atoms with E-state index < -0.39 is 0 Å². The fourth-order valence-electron chi connectivity index (χ4n) is 2.37. The van der Waals surface area contributed by atoms with Gasteiger partial charge in [-0.1, -0.05) is 26.3 Å². The lowest BCUT2D eigenvalue weighted by Crippen LogP contribution is -2.22. The third-order valence-corrected chi connectivity index (χ3v) is 3.68. The van der Waals surface area contributed by atoms with E-state index in [9.17, 15) is 5.26 Å². The molecule has 1 aliphatic carbocycles. The number of hydrogen-bond acceptors (Lipinski definition) is 1. The molecule has 1 aliphatic rings. The van der Waals surface area contributed by atoms with Crippen molar-refractivity contribution in [1.82, 2.24) is 0 Å². The molecule has 1 rings (SSSR count). The monoisotopic (exact) mass is 177 g/mol. The summed E-state index contributed by atoms with van der Waals surface area (Å²) in [5, 5.41) is 9.23. The van der Waals surface area contributed by atoms with Crippen LogP contribution in [-0.2, 0) is 0 Å². The summed E-state index contributed by atoms with van der Waals surface area (Å²) in [5.74, 6) is 1.11. The van der Waals surface area contributed by atoms with Crippen molar-refractivity contribution in [3.8, 4) is 6.07 Å². The minimum Gasteiger partial charge on any atom is -0.198 e. The van der Waals surface area contributed by atoms with Crippen molar-refractivity contribution in [2.75, 3.05) is 0 Å². The molecule has 13 heavy (non-hydrogen) atoms. The molecule has 0 bridgehead atoms. The summed E-state index contributed by atoms with van der Waals surface area (Å²) in [7, 11) is 0. The number of nitrogens with zero attached hydrogens (tertiary/aromatic N) is 1. The van der Waals surface area contributed by atoms with Crippen LogP contribution in [0.2, 0.25) is 0 Å². The van der Waals surface area contributed by atoms with E-state index in [2.05, 4.69) is 26.5 Å². The van der Waals surface area contributed by atoms with E-state index in [4.69, 9.17) is 0 Å². The van der Waals surface area contributed by atoms with Gasteiger partial charge in [-0.15, -0.1) is 6.58 Å². The van der Waals surface area contributed by atoms with E-state index in [0.717, 1.165) is 18.8 Å². The zero-order chi connectivity index (χ0) is 9.90. The normalized spacial score (nSPS) is 35.3. The molecule has 1 nitrogen and oxygen atoms in total. The molecule has 72 valence electrons. The van der Waals surface area contributed by atoms with Gasteiger partial charge in [-0.2, -0.15) is 5.26 Å². The first kappa shape index (κ1) is 10.3. The Morgan fingerprint density at radius 3 is 2.85 bits per heavy atom. The van der Waals surface area contributed by atoms with Gasteiger partial charge in [0.25, 0.3) is 0 Å². The van der Waals surface area contributed by atoms with Crippen LogP contribution >= 0.6 is 0 Å². The van der Waals surface area contributed by atoms with Crippen LogP contribution in [0, 0.1) is 28.6 Å². The summed E-state index contributed by atoms with van der Waals surface area (Å²) < 4.78 is 0. The van der Waals surface area contributed by atoms with Crippen LogP contribution in [0.3, 0.4) is 0 Å². The van der Waals surface area contributed by atoms with Crippen molar-refractivity contribution < 1.29 is 0 Å². The average Bonchev–Trinajstić information content (AvgIpc) is 2.61. The minimum atomic E-state index is -0.0948. The maximum atomic E-state index is 9.23. The topological polar surface area (TPSA) is 23.8 Å².